The molecule has 0 aromatic heterocycles. The quantitative estimate of drug-likeness (QED) is 0.416. The number of fused-ring (bicyclic) bond motifs is 1. The normalized spacial score (nSPS) is 15.7. The van der Waals surface area contributed by atoms with E-state index in [1.54, 1.807) is 17.8 Å². The van der Waals surface area contributed by atoms with E-state index in [2.05, 4.69) is 44.3 Å². The zero-order valence-electron chi connectivity index (χ0n) is 21.2. The van der Waals surface area contributed by atoms with Gasteiger partial charge in [0.1, 0.15) is 5.75 Å². The highest BCUT2D eigenvalue weighted by atomic mass is 32.2. The number of hydrogen-bond acceptors (Lipinski definition) is 5. The van der Waals surface area contributed by atoms with Gasteiger partial charge in [-0.25, -0.2) is 8.42 Å². The topological polar surface area (TPSA) is 75.7 Å². The van der Waals surface area contributed by atoms with Crippen molar-refractivity contribution in [2.45, 2.75) is 49.9 Å². The lowest BCUT2D eigenvalue weighted by molar-refractivity contribution is -0.122. The van der Waals surface area contributed by atoms with E-state index in [4.69, 9.17) is 4.74 Å². The zero-order valence-corrected chi connectivity index (χ0v) is 22.9. The number of nitrogens with one attached hydrogen (secondary N) is 1. The van der Waals surface area contributed by atoms with Crippen molar-refractivity contribution in [3.05, 3.63) is 83.4 Å². The molecule has 0 fully saturated rings. The summed E-state index contributed by atoms with van der Waals surface area (Å²) in [5.74, 6) is 0.815. The maximum atomic E-state index is 13.2. The molecule has 1 atom stereocenters. The number of carbonyl (C=O) groups is 1. The summed E-state index contributed by atoms with van der Waals surface area (Å²) in [7, 11) is -3.61. The van der Waals surface area contributed by atoms with Gasteiger partial charge in [-0.3, -0.25) is 9.10 Å². The van der Waals surface area contributed by atoms with E-state index in [-0.39, 0.29) is 17.9 Å². The maximum absolute atomic E-state index is 13.2. The van der Waals surface area contributed by atoms with Gasteiger partial charge in [-0.05, 0) is 59.4 Å². The van der Waals surface area contributed by atoms with Crippen molar-refractivity contribution in [3.8, 4) is 5.75 Å². The number of rotatable bonds is 6. The predicted molar refractivity (Wildman–Crippen MR) is 148 cm³/mol. The number of thioether (sulfide) groups is 1. The first-order valence-corrected chi connectivity index (χ1v) is 14.6. The standard InChI is InChI=1S/C28H32N2O4S2/c1-19-15-20(18-35-22-9-7-6-8-10-22)11-13-23(19)29-27(31)26-17-30(36(5,32)33)24-16-21(28(2,3)4)12-14-25(24)34-26/h6-16,26H,17-18H2,1-5H3,(H,29,31). The molecule has 0 saturated heterocycles. The van der Waals surface area contributed by atoms with Crippen molar-refractivity contribution in [2.75, 3.05) is 22.4 Å². The van der Waals surface area contributed by atoms with Crippen LogP contribution in [0.4, 0.5) is 11.4 Å². The van der Waals surface area contributed by atoms with E-state index in [9.17, 15) is 13.2 Å². The molecule has 1 unspecified atom stereocenters. The highest BCUT2D eigenvalue weighted by Gasteiger charge is 2.36. The summed E-state index contributed by atoms with van der Waals surface area (Å²) in [5.41, 5.74) is 4.06. The molecule has 3 aromatic carbocycles. The fourth-order valence-corrected chi connectivity index (χ4v) is 5.79. The molecule has 1 heterocycles. The van der Waals surface area contributed by atoms with Gasteiger partial charge in [0.25, 0.3) is 5.91 Å². The lowest BCUT2D eigenvalue weighted by Crippen LogP contribution is -2.48. The molecular formula is C28H32N2O4S2. The Hall–Kier alpha value is -2.97. The van der Waals surface area contributed by atoms with Gasteiger partial charge in [-0.1, -0.05) is 57.2 Å². The molecule has 0 aliphatic carbocycles. The number of aryl methyl sites for hydroxylation is 1. The average molecular weight is 525 g/mol. The van der Waals surface area contributed by atoms with E-state index in [0.717, 1.165) is 28.7 Å². The fourth-order valence-electron chi connectivity index (χ4n) is 4.02. The highest BCUT2D eigenvalue weighted by molar-refractivity contribution is 7.98. The zero-order chi connectivity index (χ0) is 26.1. The molecule has 0 bridgehead atoms. The van der Waals surface area contributed by atoms with Crippen LogP contribution in [-0.2, 0) is 26.0 Å². The largest absolute Gasteiger partial charge is 0.476 e. The Balaban J connectivity index is 1.50. The maximum Gasteiger partial charge on any atom is 0.267 e. The predicted octanol–water partition coefficient (Wildman–Crippen LogP) is 5.75. The fraction of sp³-hybridized carbons (Fsp3) is 0.321. The van der Waals surface area contributed by atoms with E-state index < -0.39 is 16.1 Å². The lowest BCUT2D eigenvalue weighted by Gasteiger charge is -2.35. The number of sulfonamides is 1. The van der Waals surface area contributed by atoms with E-state index >= 15 is 0 Å². The Labute approximate surface area is 218 Å². The molecule has 0 saturated carbocycles. The molecule has 1 aliphatic heterocycles. The Bertz CT molecular complexity index is 1370. The number of ether oxygens (including phenoxy) is 1. The molecular weight excluding hydrogens is 492 g/mol. The third-order valence-electron chi connectivity index (χ3n) is 6.08. The summed E-state index contributed by atoms with van der Waals surface area (Å²) in [6.45, 7) is 8.05. The second-order valence-corrected chi connectivity index (χ2v) is 13.0. The average Bonchev–Trinajstić information content (AvgIpc) is 2.82. The minimum absolute atomic E-state index is 0.0872. The van der Waals surface area contributed by atoms with Crippen LogP contribution in [-0.4, -0.2) is 33.2 Å². The first kappa shape index (κ1) is 26.1. The monoisotopic (exact) mass is 524 g/mol. The van der Waals surface area contributed by atoms with Gasteiger partial charge in [0.2, 0.25) is 10.0 Å². The van der Waals surface area contributed by atoms with Crippen LogP contribution in [0.5, 0.6) is 5.75 Å². The van der Waals surface area contributed by atoms with Crippen LogP contribution >= 0.6 is 11.8 Å². The van der Waals surface area contributed by atoms with Gasteiger partial charge in [0.15, 0.2) is 6.10 Å². The SMILES string of the molecule is Cc1cc(CSc2ccccc2)ccc1NC(=O)C1CN(S(C)(=O)=O)c2cc(C(C)(C)C)ccc2O1. The molecule has 190 valence electrons. The molecule has 1 N–H and O–H groups in total. The van der Waals surface area contributed by atoms with Crippen LogP contribution in [0.15, 0.2) is 71.6 Å². The molecule has 1 amide bonds. The minimum atomic E-state index is -3.61. The first-order valence-electron chi connectivity index (χ1n) is 11.8. The van der Waals surface area contributed by atoms with Crippen LogP contribution in [0, 0.1) is 6.92 Å². The lowest BCUT2D eigenvalue weighted by atomic mass is 9.86. The summed E-state index contributed by atoms with van der Waals surface area (Å²) < 4.78 is 32.5. The van der Waals surface area contributed by atoms with Gasteiger partial charge in [0, 0.05) is 16.3 Å². The second-order valence-electron chi connectivity index (χ2n) is 10.1. The van der Waals surface area contributed by atoms with Gasteiger partial charge in [-0.15, -0.1) is 11.8 Å². The Morgan fingerprint density at radius 3 is 2.44 bits per heavy atom. The number of benzene rings is 3. The Kier molecular flexibility index (Phi) is 7.38. The molecule has 3 aromatic rings. The van der Waals surface area contributed by atoms with Gasteiger partial charge < -0.3 is 10.1 Å². The van der Waals surface area contributed by atoms with E-state index in [0.29, 0.717) is 17.1 Å². The highest BCUT2D eigenvalue weighted by Crippen LogP contribution is 2.39. The van der Waals surface area contributed by atoms with Crippen molar-refractivity contribution in [1.29, 1.82) is 0 Å². The number of anilines is 2. The third kappa shape index (κ3) is 6.05. The van der Waals surface area contributed by atoms with Gasteiger partial charge in [-0.2, -0.15) is 0 Å². The smallest absolute Gasteiger partial charge is 0.267 e. The van der Waals surface area contributed by atoms with Crippen LogP contribution in [0.25, 0.3) is 0 Å². The van der Waals surface area contributed by atoms with Crippen LogP contribution in [0.1, 0.15) is 37.5 Å². The molecule has 36 heavy (non-hydrogen) atoms. The van der Waals surface area contributed by atoms with Crippen molar-refractivity contribution >= 4 is 39.1 Å². The van der Waals surface area contributed by atoms with Gasteiger partial charge in [0.05, 0.1) is 18.5 Å². The van der Waals surface area contributed by atoms with Crippen molar-refractivity contribution in [1.82, 2.24) is 0 Å². The second kappa shape index (κ2) is 10.2. The number of hydrogen-bond donors (Lipinski definition) is 1. The third-order valence-corrected chi connectivity index (χ3v) is 8.31. The Morgan fingerprint density at radius 1 is 1.08 bits per heavy atom. The first-order chi connectivity index (χ1) is 16.9. The molecule has 4 rings (SSSR count). The summed E-state index contributed by atoms with van der Waals surface area (Å²) >= 11 is 1.75. The van der Waals surface area contributed by atoms with Crippen LogP contribution in [0.3, 0.4) is 0 Å². The van der Waals surface area contributed by atoms with Crippen molar-refractivity contribution in [3.63, 3.8) is 0 Å². The summed E-state index contributed by atoms with van der Waals surface area (Å²) in [6.07, 6.45) is 0.178. The molecule has 8 heteroatoms. The number of nitrogens with zero attached hydrogens (tertiary/aromatic N) is 1. The summed E-state index contributed by atoms with van der Waals surface area (Å²) in [6, 6.07) is 21.6. The molecule has 0 spiro atoms. The summed E-state index contributed by atoms with van der Waals surface area (Å²) in [4.78, 5) is 14.4. The van der Waals surface area contributed by atoms with Gasteiger partial charge >= 0.3 is 0 Å². The Morgan fingerprint density at radius 2 is 1.81 bits per heavy atom. The number of amides is 1. The van der Waals surface area contributed by atoms with E-state index in [1.165, 1.54) is 9.20 Å². The van der Waals surface area contributed by atoms with Crippen LogP contribution < -0.4 is 14.4 Å². The van der Waals surface area contributed by atoms with Crippen molar-refractivity contribution < 1.29 is 17.9 Å². The van der Waals surface area contributed by atoms with Crippen molar-refractivity contribution in [2.24, 2.45) is 0 Å². The van der Waals surface area contributed by atoms with E-state index in [1.807, 2.05) is 49.4 Å². The molecule has 1 aliphatic rings. The minimum Gasteiger partial charge on any atom is -0.476 e. The summed E-state index contributed by atoms with van der Waals surface area (Å²) in [5, 5.41) is 2.93. The molecule has 0 radical (unpaired) electrons. The van der Waals surface area contributed by atoms with Crippen LogP contribution in [0.2, 0.25) is 0 Å². The number of carbonyl (C=O) groups excluding carboxylic acids is 1. The molecule has 6 nitrogen and oxygen atoms in total.